The Hall–Kier alpha value is -0.870. The third kappa shape index (κ3) is 2.44. The second-order valence-corrected chi connectivity index (χ2v) is 4.51. The maximum atomic E-state index is 5.80. The Morgan fingerprint density at radius 1 is 1.50 bits per heavy atom. The average Bonchev–Trinajstić information content (AvgIpc) is 2.29. The van der Waals surface area contributed by atoms with Gasteiger partial charge in [-0.25, -0.2) is 9.97 Å². The summed E-state index contributed by atoms with van der Waals surface area (Å²) in [6, 6.07) is 2.52. The lowest BCUT2D eigenvalue weighted by Crippen LogP contribution is -2.51. The summed E-state index contributed by atoms with van der Waals surface area (Å²) in [6.45, 7) is 5.30. The molecule has 5 heteroatoms. The highest BCUT2D eigenvalue weighted by molar-refractivity contribution is 6.28. The van der Waals surface area contributed by atoms with E-state index in [9.17, 15) is 0 Å². The molecule has 1 fully saturated rings. The number of nitrogens with zero attached hydrogens (tertiary/aromatic N) is 4. The highest BCUT2D eigenvalue weighted by Crippen LogP contribution is 2.18. The zero-order valence-electron chi connectivity index (χ0n) is 9.73. The van der Waals surface area contributed by atoms with Crippen LogP contribution in [-0.2, 0) is 0 Å². The summed E-state index contributed by atoms with van der Waals surface area (Å²) in [5.74, 6) is 0.937. The van der Waals surface area contributed by atoms with Crippen molar-refractivity contribution in [2.45, 2.75) is 19.4 Å². The summed E-state index contributed by atoms with van der Waals surface area (Å²) in [5.41, 5.74) is 0. The molecule has 0 radical (unpaired) electrons. The molecule has 1 unspecified atom stereocenters. The lowest BCUT2D eigenvalue weighted by Gasteiger charge is -2.39. The normalized spacial score (nSPS) is 22.4. The molecule has 0 N–H and O–H groups in total. The van der Waals surface area contributed by atoms with Crippen molar-refractivity contribution < 1.29 is 0 Å². The van der Waals surface area contributed by atoms with Gasteiger partial charge >= 0.3 is 0 Å². The van der Waals surface area contributed by atoms with Crippen molar-refractivity contribution >= 4 is 17.4 Å². The predicted octanol–water partition coefficient (Wildman–Crippen LogP) is 1.66. The maximum absolute atomic E-state index is 5.80. The van der Waals surface area contributed by atoms with Gasteiger partial charge in [-0.05, 0) is 31.1 Å². The van der Waals surface area contributed by atoms with Crippen LogP contribution < -0.4 is 4.90 Å². The molecule has 88 valence electrons. The summed E-state index contributed by atoms with van der Waals surface area (Å²) >= 11 is 5.80. The fourth-order valence-electron chi connectivity index (χ4n) is 2.10. The van der Waals surface area contributed by atoms with Gasteiger partial charge in [0.25, 0.3) is 0 Å². The number of hydrogen-bond acceptors (Lipinski definition) is 4. The van der Waals surface area contributed by atoms with Crippen molar-refractivity contribution in [3.05, 3.63) is 17.5 Å². The topological polar surface area (TPSA) is 32.3 Å². The zero-order chi connectivity index (χ0) is 11.5. The molecular formula is C11H17ClN4. The van der Waals surface area contributed by atoms with Gasteiger partial charge in [0.1, 0.15) is 5.82 Å². The van der Waals surface area contributed by atoms with Gasteiger partial charge in [0, 0.05) is 31.9 Å². The number of halogens is 1. The Morgan fingerprint density at radius 3 is 3.00 bits per heavy atom. The molecule has 2 rings (SSSR count). The first-order chi connectivity index (χ1) is 7.70. The second-order valence-electron chi connectivity index (χ2n) is 4.17. The Balaban J connectivity index is 2.11. The number of anilines is 1. The predicted molar refractivity (Wildman–Crippen MR) is 66.0 cm³/mol. The van der Waals surface area contributed by atoms with Crippen molar-refractivity contribution in [3.8, 4) is 0 Å². The van der Waals surface area contributed by atoms with Crippen LogP contribution in [-0.4, -0.2) is 47.6 Å². The van der Waals surface area contributed by atoms with Gasteiger partial charge < -0.3 is 4.90 Å². The van der Waals surface area contributed by atoms with Gasteiger partial charge in [-0.1, -0.05) is 6.92 Å². The van der Waals surface area contributed by atoms with Crippen LogP contribution in [0.3, 0.4) is 0 Å². The summed E-state index contributed by atoms with van der Waals surface area (Å²) in [4.78, 5) is 12.8. The molecule has 1 aromatic rings. The van der Waals surface area contributed by atoms with Crippen LogP contribution in [0, 0.1) is 0 Å². The van der Waals surface area contributed by atoms with E-state index in [4.69, 9.17) is 11.6 Å². The molecule has 0 aliphatic carbocycles. The van der Waals surface area contributed by atoms with Crippen LogP contribution in [0.4, 0.5) is 5.82 Å². The molecule has 1 aliphatic rings. The van der Waals surface area contributed by atoms with E-state index < -0.39 is 0 Å². The van der Waals surface area contributed by atoms with Crippen LogP contribution >= 0.6 is 11.6 Å². The minimum atomic E-state index is 0.324. The lowest BCUT2D eigenvalue weighted by atomic mass is 10.1. The molecule has 0 spiro atoms. The van der Waals surface area contributed by atoms with Crippen molar-refractivity contribution in [2.24, 2.45) is 0 Å². The van der Waals surface area contributed by atoms with E-state index in [1.54, 1.807) is 6.20 Å². The van der Waals surface area contributed by atoms with Gasteiger partial charge in [-0.2, -0.15) is 0 Å². The Kier molecular flexibility index (Phi) is 3.61. The van der Waals surface area contributed by atoms with Crippen molar-refractivity contribution in [2.75, 3.05) is 31.6 Å². The Bertz CT molecular complexity index is 358. The maximum Gasteiger partial charge on any atom is 0.224 e. The third-order valence-electron chi connectivity index (χ3n) is 3.18. The van der Waals surface area contributed by atoms with E-state index in [2.05, 4.69) is 33.7 Å². The fraction of sp³-hybridized carbons (Fsp3) is 0.636. The van der Waals surface area contributed by atoms with Gasteiger partial charge in [0.15, 0.2) is 0 Å². The molecule has 1 aromatic heterocycles. The monoisotopic (exact) mass is 240 g/mol. The lowest BCUT2D eigenvalue weighted by molar-refractivity contribution is 0.213. The van der Waals surface area contributed by atoms with Crippen LogP contribution in [0.25, 0.3) is 0 Å². The van der Waals surface area contributed by atoms with Gasteiger partial charge in [-0.15, -0.1) is 0 Å². The first-order valence-corrected chi connectivity index (χ1v) is 6.02. The van der Waals surface area contributed by atoms with Gasteiger partial charge in [-0.3, -0.25) is 4.90 Å². The molecule has 4 nitrogen and oxygen atoms in total. The van der Waals surface area contributed by atoms with Crippen LogP contribution in [0.1, 0.15) is 13.3 Å². The number of aromatic nitrogens is 2. The molecule has 0 amide bonds. The standard InChI is InChI=1S/C11H17ClN4/c1-3-9-8-16(7-6-15(9)2)10-4-5-13-11(12)14-10/h4-5,9H,3,6-8H2,1-2H3. The molecule has 0 bridgehead atoms. The molecule has 1 atom stereocenters. The summed E-state index contributed by atoms with van der Waals surface area (Å²) in [5, 5.41) is 0.324. The summed E-state index contributed by atoms with van der Waals surface area (Å²) < 4.78 is 0. The number of rotatable bonds is 2. The first-order valence-electron chi connectivity index (χ1n) is 5.64. The molecule has 1 aliphatic heterocycles. The zero-order valence-corrected chi connectivity index (χ0v) is 10.5. The van der Waals surface area contributed by atoms with Crippen LogP contribution in [0.2, 0.25) is 5.28 Å². The molecule has 0 saturated carbocycles. The molecule has 16 heavy (non-hydrogen) atoms. The second kappa shape index (κ2) is 4.97. The minimum absolute atomic E-state index is 0.324. The Morgan fingerprint density at radius 2 is 2.31 bits per heavy atom. The quantitative estimate of drug-likeness (QED) is 0.736. The molecule has 1 saturated heterocycles. The number of hydrogen-bond donors (Lipinski definition) is 0. The van der Waals surface area contributed by atoms with E-state index >= 15 is 0 Å². The van der Waals surface area contributed by atoms with E-state index in [1.807, 2.05) is 6.07 Å². The van der Waals surface area contributed by atoms with Gasteiger partial charge in [0.2, 0.25) is 5.28 Å². The molecule has 0 aromatic carbocycles. The highest BCUT2D eigenvalue weighted by Gasteiger charge is 2.23. The van der Waals surface area contributed by atoms with E-state index in [0.29, 0.717) is 11.3 Å². The molecule has 2 heterocycles. The minimum Gasteiger partial charge on any atom is -0.354 e. The van der Waals surface area contributed by atoms with E-state index in [0.717, 1.165) is 31.9 Å². The third-order valence-corrected chi connectivity index (χ3v) is 3.37. The van der Waals surface area contributed by atoms with Crippen LogP contribution in [0.15, 0.2) is 12.3 Å². The summed E-state index contributed by atoms with van der Waals surface area (Å²) in [7, 11) is 2.18. The van der Waals surface area contributed by atoms with Crippen LogP contribution in [0.5, 0.6) is 0 Å². The van der Waals surface area contributed by atoms with Crippen molar-refractivity contribution in [1.29, 1.82) is 0 Å². The van der Waals surface area contributed by atoms with Crippen molar-refractivity contribution in [1.82, 2.24) is 14.9 Å². The smallest absolute Gasteiger partial charge is 0.224 e. The number of piperazine rings is 1. The van der Waals surface area contributed by atoms with E-state index in [-0.39, 0.29) is 0 Å². The van der Waals surface area contributed by atoms with Gasteiger partial charge in [0.05, 0.1) is 0 Å². The Labute approximate surface area is 101 Å². The molecular weight excluding hydrogens is 224 g/mol. The fourth-order valence-corrected chi connectivity index (χ4v) is 2.24. The van der Waals surface area contributed by atoms with E-state index in [1.165, 1.54) is 0 Å². The largest absolute Gasteiger partial charge is 0.354 e. The average molecular weight is 241 g/mol. The van der Waals surface area contributed by atoms with Crippen molar-refractivity contribution in [3.63, 3.8) is 0 Å². The number of likely N-dealkylation sites (N-methyl/N-ethyl adjacent to an activating group) is 1. The first kappa shape index (κ1) is 11.6. The SMILES string of the molecule is CCC1CN(c2ccnc(Cl)n2)CCN1C. The summed E-state index contributed by atoms with van der Waals surface area (Å²) in [6.07, 6.45) is 2.87. The highest BCUT2D eigenvalue weighted by atomic mass is 35.5.